The minimum absolute atomic E-state index is 0.0779. The van der Waals surface area contributed by atoms with Crippen LogP contribution in [0.2, 0.25) is 0 Å². The summed E-state index contributed by atoms with van der Waals surface area (Å²) < 4.78 is 11.1. The van der Waals surface area contributed by atoms with E-state index in [9.17, 15) is 9.59 Å². The second kappa shape index (κ2) is 6.83. The van der Waals surface area contributed by atoms with Crippen molar-refractivity contribution in [3.05, 3.63) is 18.2 Å². The zero-order chi connectivity index (χ0) is 15.2. The molecule has 1 aliphatic rings. The van der Waals surface area contributed by atoms with E-state index in [0.29, 0.717) is 30.4 Å². The first-order chi connectivity index (χ1) is 10.1. The maximum atomic E-state index is 11.0. The second-order valence-electron chi connectivity index (χ2n) is 4.68. The summed E-state index contributed by atoms with van der Waals surface area (Å²) in [5.41, 5.74) is 0.704. The highest BCUT2D eigenvalue weighted by atomic mass is 16.5. The van der Waals surface area contributed by atoms with E-state index < -0.39 is 12.0 Å². The third kappa shape index (κ3) is 4.27. The highest BCUT2D eigenvalue weighted by molar-refractivity contribution is 5.82. The molecule has 0 saturated carbocycles. The molecule has 1 aromatic rings. The summed E-state index contributed by atoms with van der Waals surface area (Å²) in [6.45, 7) is 2.56. The molecule has 1 unspecified atom stereocenters. The number of anilines is 1. The Bertz CT molecular complexity index is 532. The van der Waals surface area contributed by atoms with Gasteiger partial charge in [0.25, 0.3) is 0 Å². The van der Waals surface area contributed by atoms with Crippen molar-refractivity contribution in [1.29, 1.82) is 0 Å². The topological polar surface area (TPSA) is 96.9 Å². The van der Waals surface area contributed by atoms with Crippen LogP contribution in [0.1, 0.15) is 13.3 Å². The van der Waals surface area contributed by atoms with E-state index in [1.54, 1.807) is 18.2 Å². The Kier molecular flexibility index (Phi) is 4.86. The molecule has 1 heterocycles. The molecule has 1 aromatic carbocycles. The number of hydrogen-bond acceptors (Lipinski definition) is 5. The lowest BCUT2D eigenvalue weighted by atomic mass is 10.2. The number of ether oxygens (including phenoxy) is 2. The van der Waals surface area contributed by atoms with Crippen LogP contribution in [0.25, 0.3) is 0 Å². The Morgan fingerprint density at radius 1 is 1.29 bits per heavy atom. The molecule has 7 nitrogen and oxygen atoms in total. The molecule has 2 rings (SSSR count). The van der Waals surface area contributed by atoms with Gasteiger partial charge in [0, 0.05) is 31.6 Å². The molecular formula is C14H18N2O5. The van der Waals surface area contributed by atoms with Gasteiger partial charge in [-0.1, -0.05) is 0 Å². The number of carboxylic acid groups (broad SMARTS) is 1. The minimum Gasteiger partial charge on any atom is -0.490 e. The smallest absolute Gasteiger partial charge is 0.328 e. The Morgan fingerprint density at radius 2 is 2.00 bits per heavy atom. The number of carboxylic acids is 1. The number of aliphatic carboxylic acids is 1. The fraction of sp³-hybridized carbons (Fsp3) is 0.429. The number of nitrogens with one attached hydrogen (secondary N) is 2. The van der Waals surface area contributed by atoms with Gasteiger partial charge in [0.15, 0.2) is 11.5 Å². The first-order valence-electron chi connectivity index (χ1n) is 6.69. The summed E-state index contributed by atoms with van der Waals surface area (Å²) in [5.74, 6) is -0.173. The molecule has 1 amide bonds. The van der Waals surface area contributed by atoms with E-state index in [0.717, 1.165) is 6.42 Å². The van der Waals surface area contributed by atoms with Crippen LogP contribution < -0.4 is 20.1 Å². The highest BCUT2D eigenvalue weighted by Gasteiger charge is 2.18. The van der Waals surface area contributed by atoms with Crippen molar-refractivity contribution in [3.63, 3.8) is 0 Å². The standard InChI is InChI=1S/C14H18N2O5/c1-9(17)16-11(14(18)19)8-15-10-3-4-12-13(7-10)21-6-2-5-20-12/h3-4,7,11,15H,2,5-6,8H2,1H3,(H,16,17)(H,18,19). The van der Waals surface area contributed by atoms with Gasteiger partial charge in [-0.3, -0.25) is 4.79 Å². The van der Waals surface area contributed by atoms with Crippen molar-refractivity contribution in [1.82, 2.24) is 5.32 Å². The lowest BCUT2D eigenvalue weighted by molar-refractivity contribution is -0.141. The van der Waals surface area contributed by atoms with Crippen LogP contribution in [0.15, 0.2) is 18.2 Å². The van der Waals surface area contributed by atoms with Crippen LogP contribution in [-0.4, -0.2) is 42.8 Å². The normalized spacial score (nSPS) is 14.7. The van der Waals surface area contributed by atoms with Crippen molar-refractivity contribution >= 4 is 17.6 Å². The Balaban J connectivity index is 2.00. The molecule has 0 radical (unpaired) electrons. The minimum atomic E-state index is -1.09. The molecule has 7 heteroatoms. The van der Waals surface area contributed by atoms with E-state index >= 15 is 0 Å². The molecule has 0 saturated heterocycles. The van der Waals surface area contributed by atoms with Gasteiger partial charge >= 0.3 is 5.97 Å². The predicted molar refractivity (Wildman–Crippen MR) is 75.8 cm³/mol. The lowest BCUT2D eigenvalue weighted by Crippen LogP contribution is -2.44. The van der Waals surface area contributed by atoms with Crippen molar-refractivity contribution in [3.8, 4) is 11.5 Å². The molecule has 3 N–H and O–H groups in total. The maximum Gasteiger partial charge on any atom is 0.328 e. The van der Waals surface area contributed by atoms with Crippen molar-refractivity contribution < 1.29 is 24.2 Å². The number of benzene rings is 1. The molecule has 1 atom stereocenters. The van der Waals surface area contributed by atoms with Gasteiger partial charge in [-0.05, 0) is 12.1 Å². The highest BCUT2D eigenvalue weighted by Crippen LogP contribution is 2.32. The molecule has 0 aromatic heterocycles. The van der Waals surface area contributed by atoms with Gasteiger partial charge in [-0.25, -0.2) is 4.79 Å². The van der Waals surface area contributed by atoms with E-state index in [1.807, 2.05) is 0 Å². The summed E-state index contributed by atoms with van der Waals surface area (Å²) in [6.07, 6.45) is 0.820. The number of fused-ring (bicyclic) bond motifs is 1. The fourth-order valence-electron chi connectivity index (χ4n) is 1.94. The van der Waals surface area contributed by atoms with Crippen LogP contribution in [-0.2, 0) is 9.59 Å². The third-order valence-electron chi connectivity index (χ3n) is 2.93. The van der Waals surface area contributed by atoms with E-state index in [4.69, 9.17) is 14.6 Å². The molecule has 21 heavy (non-hydrogen) atoms. The lowest BCUT2D eigenvalue weighted by Gasteiger charge is -2.16. The zero-order valence-electron chi connectivity index (χ0n) is 11.7. The number of hydrogen-bond donors (Lipinski definition) is 3. The summed E-state index contributed by atoms with van der Waals surface area (Å²) in [6, 6.07) is 4.32. The van der Waals surface area contributed by atoms with E-state index in [2.05, 4.69) is 10.6 Å². The first kappa shape index (κ1) is 15.0. The molecule has 114 valence electrons. The summed E-state index contributed by atoms with van der Waals surface area (Å²) >= 11 is 0. The average molecular weight is 294 g/mol. The van der Waals surface area contributed by atoms with E-state index in [1.165, 1.54) is 6.92 Å². The molecular weight excluding hydrogens is 276 g/mol. The van der Waals surface area contributed by atoms with E-state index in [-0.39, 0.29) is 12.5 Å². The van der Waals surface area contributed by atoms with Gasteiger partial charge in [0.1, 0.15) is 6.04 Å². The van der Waals surface area contributed by atoms with Gasteiger partial charge in [0.2, 0.25) is 5.91 Å². The van der Waals surface area contributed by atoms with Crippen LogP contribution in [0.4, 0.5) is 5.69 Å². The van der Waals surface area contributed by atoms with Crippen LogP contribution in [0, 0.1) is 0 Å². The Labute approximate surface area is 122 Å². The quantitative estimate of drug-likeness (QED) is 0.745. The number of rotatable bonds is 5. The van der Waals surface area contributed by atoms with Gasteiger partial charge in [0.05, 0.1) is 13.2 Å². The largest absolute Gasteiger partial charge is 0.490 e. The first-order valence-corrected chi connectivity index (χ1v) is 6.69. The molecule has 0 aliphatic carbocycles. The number of carbonyl (C=O) groups is 2. The summed E-state index contributed by atoms with van der Waals surface area (Å²) in [7, 11) is 0. The number of amides is 1. The van der Waals surface area contributed by atoms with Crippen LogP contribution in [0.5, 0.6) is 11.5 Å². The van der Waals surface area contributed by atoms with Gasteiger partial charge in [-0.2, -0.15) is 0 Å². The molecule has 0 fully saturated rings. The van der Waals surface area contributed by atoms with Gasteiger partial charge in [-0.15, -0.1) is 0 Å². The van der Waals surface area contributed by atoms with Gasteiger partial charge < -0.3 is 25.2 Å². The molecule has 0 bridgehead atoms. The SMILES string of the molecule is CC(=O)NC(CNc1ccc2c(c1)OCCCO2)C(=O)O. The maximum absolute atomic E-state index is 11.0. The van der Waals surface area contributed by atoms with Crippen LogP contribution >= 0.6 is 0 Å². The monoisotopic (exact) mass is 294 g/mol. The van der Waals surface area contributed by atoms with Crippen molar-refractivity contribution in [2.75, 3.05) is 25.1 Å². The average Bonchev–Trinajstić information content (AvgIpc) is 2.67. The molecule has 0 spiro atoms. The number of carbonyl (C=O) groups excluding carboxylic acids is 1. The molecule has 1 aliphatic heterocycles. The van der Waals surface area contributed by atoms with Crippen molar-refractivity contribution in [2.45, 2.75) is 19.4 Å². The zero-order valence-corrected chi connectivity index (χ0v) is 11.7. The van der Waals surface area contributed by atoms with Crippen LogP contribution in [0.3, 0.4) is 0 Å². The summed E-state index contributed by atoms with van der Waals surface area (Å²) in [5, 5.41) is 14.4. The second-order valence-corrected chi connectivity index (χ2v) is 4.68. The third-order valence-corrected chi connectivity index (χ3v) is 2.93. The fourth-order valence-corrected chi connectivity index (χ4v) is 1.94. The predicted octanol–water partition coefficient (Wildman–Crippen LogP) is 0.849. The summed E-state index contributed by atoms with van der Waals surface area (Å²) in [4.78, 5) is 22.0. The van der Waals surface area contributed by atoms with Crippen molar-refractivity contribution in [2.24, 2.45) is 0 Å². The Morgan fingerprint density at radius 3 is 2.67 bits per heavy atom. The Hall–Kier alpha value is -2.44.